The van der Waals surface area contributed by atoms with E-state index in [1.165, 1.54) is 24.1 Å². The second-order valence-corrected chi connectivity index (χ2v) is 6.40. The Morgan fingerprint density at radius 1 is 1.25 bits per heavy atom. The van der Waals surface area contributed by atoms with Gasteiger partial charge in [-0.05, 0) is 36.6 Å². The van der Waals surface area contributed by atoms with Gasteiger partial charge < -0.3 is 10.0 Å². The fraction of sp³-hybridized carbons (Fsp3) is 0.235. The highest BCUT2D eigenvalue weighted by molar-refractivity contribution is 6.42. The number of nitrogens with zero attached hydrogens (tertiary/aromatic N) is 2. The summed E-state index contributed by atoms with van der Waals surface area (Å²) in [5.74, 6) is -0.520. The van der Waals surface area contributed by atoms with Gasteiger partial charge in [-0.25, -0.2) is 9.69 Å². The van der Waals surface area contributed by atoms with Crippen LogP contribution in [0.5, 0.6) is 0 Å². The van der Waals surface area contributed by atoms with Crippen molar-refractivity contribution in [2.75, 3.05) is 18.6 Å². The van der Waals surface area contributed by atoms with Gasteiger partial charge in [0.25, 0.3) is 5.91 Å². The van der Waals surface area contributed by atoms with Crippen molar-refractivity contribution in [1.29, 1.82) is 0 Å². The van der Waals surface area contributed by atoms with Crippen LogP contribution in [0.1, 0.15) is 6.42 Å². The number of hydrogen-bond acceptors (Lipinski definition) is 3. The van der Waals surface area contributed by atoms with Gasteiger partial charge in [-0.2, -0.15) is 0 Å². The van der Waals surface area contributed by atoms with Crippen molar-refractivity contribution in [2.24, 2.45) is 0 Å². The summed E-state index contributed by atoms with van der Waals surface area (Å²) >= 11 is 11.9. The van der Waals surface area contributed by atoms with E-state index in [2.05, 4.69) is 0 Å². The third-order valence-electron chi connectivity index (χ3n) is 4.36. The molecule has 1 aromatic carbocycles. The highest BCUT2D eigenvalue weighted by atomic mass is 35.5. The van der Waals surface area contributed by atoms with Crippen LogP contribution in [0, 0.1) is 6.42 Å². The molecule has 5 nitrogen and oxygen atoms in total. The Labute approximate surface area is 149 Å². The minimum atomic E-state index is -1.44. The predicted molar refractivity (Wildman–Crippen MR) is 93.1 cm³/mol. The molecule has 1 heterocycles. The normalized spacial score (nSPS) is 23.9. The molecular formula is C17H15Cl2N2O3. The first-order valence-corrected chi connectivity index (χ1v) is 8.08. The van der Waals surface area contributed by atoms with E-state index in [1.54, 1.807) is 18.2 Å². The van der Waals surface area contributed by atoms with Crippen LogP contribution in [0.4, 0.5) is 10.5 Å². The maximum absolute atomic E-state index is 13.1. The number of anilines is 1. The molecule has 1 fully saturated rings. The molecule has 0 saturated carbocycles. The van der Waals surface area contributed by atoms with Crippen LogP contribution in [0.15, 0.2) is 42.0 Å². The number of carbonyl (C=O) groups is 2. The zero-order valence-electron chi connectivity index (χ0n) is 12.9. The van der Waals surface area contributed by atoms with Crippen LogP contribution >= 0.6 is 23.2 Å². The minimum Gasteiger partial charge on any atom is -0.393 e. The van der Waals surface area contributed by atoms with Crippen LogP contribution < -0.4 is 4.90 Å². The van der Waals surface area contributed by atoms with E-state index in [1.807, 2.05) is 12.5 Å². The summed E-state index contributed by atoms with van der Waals surface area (Å²) in [6.07, 6.45) is 7.93. The number of likely N-dealkylation sites (N-methyl/N-ethyl adjacent to an activating group) is 1. The zero-order valence-corrected chi connectivity index (χ0v) is 14.4. The molecule has 0 bridgehead atoms. The Hall–Kier alpha value is -1.82. The first-order valence-electron chi connectivity index (χ1n) is 7.32. The average molecular weight is 366 g/mol. The molecule has 0 spiro atoms. The Morgan fingerprint density at radius 3 is 2.58 bits per heavy atom. The van der Waals surface area contributed by atoms with Gasteiger partial charge in [0.05, 0.1) is 22.3 Å². The third kappa shape index (κ3) is 2.35. The predicted octanol–water partition coefficient (Wildman–Crippen LogP) is 3.21. The lowest BCUT2D eigenvalue weighted by Gasteiger charge is -2.32. The molecule has 1 radical (unpaired) electrons. The van der Waals surface area contributed by atoms with Gasteiger partial charge in [0.2, 0.25) is 0 Å². The number of rotatable bonds is 3. The zero-order chi connectivity index (χ0) is 17.5. The monoisotopic (exact) mass is 365 g/mol. The van der Waals surface area contributed by atoms with E-state index in [-0.39, 0.29) is 5.02 Å². The number of imide groups is 1. The van der Waals surface area contributed by atoms with Crippen molar-refractivity contribution in [3.63, 3.8) is 0 Å². The lowest BCUT2D eigenvalue weighted by atomic mass is 9.85. The number of allylic oxidation sites excluding steroid dienone is 2. The Morgan fingerprint density at radius 2 is 2.00 bits per heavy atom. The number of aliphatic hydroxyl groups excluding tert-OH is 1. The molecule has 3 amide bonds. The topological polar surface area (TPSA) is 60.9 Å². The van der Waals surface area contributed by atoms with E-state index in [0.29, 0.717) is 22.7 Å². The van der Waals surface area contributed by atoms with E-state index >= 15 is 0 Å². The molecule has 1 unspecified atom stereocenters. The van der Waals surface area contributed by atoms with E-state index in [9.17, 15) is 14.7 Å². The van der Waals surface area contributed by atoms with Crippen molar-refractivity contribution >= 4 is 40.8 Å². The highest BCUT2D eigenvalue weighted by Gasteiger charge is 2.57. The number of urea groups is 1. The molecule has 1 saturated heterocycles. The molecule has 24 heavy (non-hydrogen) atoms. The largest absolute Gasteiger partial charge is 0.393 e. The maximum Gasteiger partial charge on any atom is 0.332 e. The molecular weight excluding hydrogens is 351 g/mol. The second kappa shape index (κ2) is 6.24. The summed E-state index contributed by atoms with van der Waals surface area (Å²) in [5.41, 5.74) is -0.530. The first kappa shape index (κ1) is 17.0. The molecule has 1 N–H and O–H groups in total. The second-order valence-electron chi connectivity index (χ2n) is 5.59. The van der Waals surface area contributed by atoms with Crippen molar-refractivity contribution in [3.8, 4) is 0 Å². The fourth-order valence-electron chi connectivity index (χ4n) is 2.98. The summed E-state index contributed by atoms with van der Waals surface area (Å²) in [6.45, 7) is -0.512. The van der Waals surface area contributed by atoms with Gasteiger partial charge in [0.1, 0.15) is 0 Å². The smallest absolute Gasteiger partial charge is 0.332 e. The van der Waals surface area contributed by atoms with Gasteiger partial charge in [-0.1, -0.05) is 41.4 Å². The molecule has 2 aliphatic rings. The third-order valence-corrected chi connectivity index (χ3v) is 5.10. The van der Waals surface area contributed by atoms with Crippen molar-refractivity contribution in [3.05, 3.63) is 58.5 Å². The van der Waals surface area contributed by atoms with Crippen LogP contribution in [-0.4, -0.2) is 41.1 Å². The van der Waals surface area contributed by atoms with Gasteiger partial charge >= 0.3 is 6.03 Å². The van der Waals surface area contributed by atoms with E-state index in [0.717, 1.165) is 4.90 Å². The minimum absolute atomic E-state index is 0.241. The molecule has 1 aromatic rings. The molecule has 0 aromatic heterocycles. The van der Waals surface area contributed by atoms with Gasteiger partial charge in [-0.15, -0.1) is 0 Å². The number of amides is 3. The van der Waals surface area contributed by atoms with Gasteiger partial charge in [0, 0.05) is 7.05 Å². The van der Waals surface area contributed by atoms with E-state index in [4.69, 9.17) is 23.2 Å². The van der Waals surface area contributed by atoms with Crippen molar-refractivity contribution in [1.82, 2.24) is 4.90 Å². The fourth-order valence-corrected chi connectivity index (χ4v) is 3.27. The van der Waals surface area contributed by atoms with Crippen molar-refractivity contribution < 1.29 is 14.7 Å². The van der Waals surface area contributed by atoms with Crippen LogP contribution in [-0.2, 0) is 4.79 Å². The van der Waals surface area contributed by atoms with E-state index < -0.39 is 24.1 Å². The van der Waals surface area contributed by atoms with Crippen LogP contribution in [0.3, 0.4) is 0 Å². The Bertz CT molecular complexity index is 775. The highest BCUT2D eigenvalue weighted by Crippen LogP contribution is 2.39. The summed E-state index contributed by atoms with van der Waals surface area (Å²) in [6, 6.07) is 3.99. The maximum atomic E-state index is 13.1. The lowest BCUT2D eigenvalue weighted by molar-refractivity contribution is -0.124. The average Bonchev–Trinajstić information content (AvgIpc) is 2.78. The molecule has 1 atom stereocenters. The number of carbonyl (C=O) groups excluding carboxylic acids is 2. The quantitative estimate of drug-likeness (QED) is 0.836. The molecule has 1 aliphatic heterocycles. The number of benzene rings is 1. The van der Waals surface area contributed by atoms with Gasteiger partial charge in [0.15, 0.2) is 5.54 Å². The van der Waals surface area contributed by atoms with Crippen LogP contribution in [0.25, 0.3) is 0 Å². The SMILES string of the molecule is CN1C(=O)N(c2ccc(Cl)c(Cl)c2)C(=O)C1(CO)C1=CC[CH]C=C1. The summed E-state index contributed by atoms with van der Waals surface area (Å²) < 4.78 is 0. The Kier molecular flexibility index (Phi) is 4.42. The molecule has 3 rings (SSSR count). The molecule has 125 valence electrons. The summed E-state index contributed by atoms with van der Waals surface area (Å²) in [7, 11) is 1.50. The van der Waals surface area contributed by atoms with Crippen molar-refractivity contribution in [2.45, 2.75) is 12.0 Å². The molecule has 1 aliphatic carbocycles. The summed E-state index contributed by atoms with van der Waals surface area (Å²) in [5, 5.41) is 10.6. The number of hydrogen-bond donors (Lipinski definition) is 1. The number of halogens is 2. The Balaban J connectivity index is 2.10. The first-order chi connectivity index (χ1) is 11.4. The summed E-state index contributed by atoms with van der Waals surface area (Å²) in [4.78, 5) is 28.1. The van der Waals surface area contributed by atoms with Crippen LogP contribution in [0.2, 0.25) is 10.0 Å². The number of aliphatic hydroxyl groups is 1. The molecule has 7 heteroatoms. The van der Waals surface area contributed by atoms with Gasteiger partial charge in [-0.3, -0.25) is 4.79 Å². The standard InChI is InChI=1S/C17H15Cl2N2O3/c1-20-16(24)21(12-7-8-13(18)14(19)9-12)15(23)17(20,10-22)11-5-3-2-4-6-11/h2-3,5-9,22H,4,10H2,1H3. The lowest BCUT2D eigenvalue weighted by Crippen LogP contribution is -2.52.